The van der Waals surface area contributed by atoms with Crippen LogP contribution in [0.15, 0.2) is 27.6 Å². The van der Waals surface area contributed by atoms with Gasteiger partial charge in [0, 0.05) is 30.3 Å². The van der Waals surface area contributed by atoms with Crippen molar-refractivity contribution in [3.05, 3.63) is 46.0 Å². The molecule has 0 aliphatic rings. The van der Waals surface area contributed by atoms with Gasteiger partial charge in [-0.15, -0.1) is 0 Å². The molecule has 1 atom stereocenters. The fourth-order valence-corrected chi connectivity index (χ4v) is 1.91. The maximum absolute atomic E-state index is 12.2. The summed E-state index contributed by atoms with van der Waals surface area (Å²) in [5.41, 5.74) is 0.104. The van der Waals surface area contributed by atoms with Crippen molar-refractivity contribution < 1.29 is 9.32 Å². The zero-order valence-electron chi connectivity index (χ0n) is 13.2. The number of rotatable bonds is 5. The molecule has 7 nitrogen and oxygen atoms in total. The van der Waals surface area contributed by atoms with Crippen molar-refractivity contribution in [3.63, 3.8) is 0 Å². The molecule has 7 heteroatoms. The highest BCUT2D eigenvalue weighted by molar-refractivity contribution is 5.94. The summed E-state index contributed by atoms with van der Waals surface area (Å²) in [6, 6.07) is 2.50. The summed E-state index contributed by atoms with van der Waals surface area (Å²) in [6.07, 6.45) is 1.60. The molecule has 0 radical (unpaired) electrons. The molecule has 0 fully saturated rings. The Bertz CT molecular complexity index is 718. The van der Waals surface area contributed by atoms with Crippen molar-refractivity contribution in [3.8, 4) is 0 Å². The number of carbonyl (C=O) groups is 1. The van der Waals surface area contributed by atoms with Gasteiger partial charge < -0.3 is 14.4 Å². The molecule has 0 aliphatic carbocycles. The fraction of sp³-hybridized carbons (Fsp3) is 0.467. The lowest BCUT2D eigenvalue weighted by Gasteiger charge is -2.10. The van der Waals surface area contributed by atoms with Gasteiger partial charge in [0.05, 0.1) is 0 Å². The minimum atomic E-state index is -0.430. The fourth-order valence-electron chi connectivity index (χ4n) is 1.91. The topological polar surface area (TPSA) is 90.0 Å². The quantitative estimate of drug-likeness (QED) is 0.910. The molecule has 2 heterocycles. The van der Waals surface area contributed by atoms with E-state index in [-0.39, 0.29) is 17.4 Å². The van der Waals surface area contributed by atoms with E-state index in [1.807, 2.05) is 20.8 Å². The van der Waals surface area contributed by atoms with E-state index < -0.39 is 6.04 Å². The minimum absolute atomic E-state index is 0.155. The summed E-state index contributed by atoms with van der Waals surface area (Å²) in [6.45, 7) is 8.10. The molecule has 0 aliphatic heterocycles. The lowest BCUT2D eigenvalue weighted by molar-refractivity contribution is 0.0932. The normalized spacial score (nSPS) is 12.4. The third-order valence-corrected chi connectivity index (χ3v) is 3.29. The predicted octanol–water partition coefficient (Wildman–Crippen LogP) is 1.87. The Labute approximate surface area is 128 Å². The van der Waals surface area contributed by atoms with Gasteiger partial charge in [0.2, 0.25) is 5.89 Å². The molecule has 2 aromatic rings. The van der Waals surface area contributed by atoms with Gasteiger partial charge >= 0.3 is 0 Å². The lowest BCUT2D eigenvalue weighted by Crippen LogP contribution is -2.29. The van der Waals surface area contributed by atoms with Crippen molar-refractivity contribution in [2.45, 2.75) is 46.2 Å². The first-order valence-corrected chi connectivity index (χ1v) is 7.27. The van der Waals surface area contributed by atoms with Crippen LogP contribution in [0.3, 0.4) is 0 Å². The molecule has 0 saturated carbocycles. The van der Waals surface area contributed by atoms with E-state index >= 15 is 0 Å². The van der Waals surface area contributed by atoms with Gasteiger partial charge in [-0.25, -0.2) is 0 Å². The average molecular weight is 304 g/mol. The Morgan fingerprint density at radius 3 is 2.68 bits per heavy atom. The number of aryl methyl sites for hydroxylation is 1. The molecular formula is C15H20N4O3. The number of nitrogens with one attached hydrogen (secondary N) is 1. The minimum Gasteiger partial charge on any atom is -0.341 e. The standard InChI is InChI=1S/C15H20N4O3/c1-5-19-7-6-11(8-12(19)20)14(21)16-10(4)15-17-13(9(2)3)18-22-15/h6-10H,5H2,1-4H3,(H,16,21). The van der Waals surface area contributed by atoms with E-state index in [9.17, 15) is 9.59 Å². The highest BCUT2D eigenvalue weighted by Gasteiger charge is 2.18. The van der Waals surface area contributed by atoms with E-state index in [1.165, 1.54) is 10.6 Å². The Balaban J connectivity index is 2.10. The van der Waals surface area contributed by atoms with E-state index in [0.717, 1.165) is 0 Å². The first-order valence-electron chi connectivity index (χ1n) is 7.27. The van der Waals surface area contributed by atoms with Gasteiger partial charge in [-0.3, -0.25) is 9.59 Å². The van der Waals surface area contributed by atoms with Crippen LogP contribution in [-0.2, 0) is 6.54 Å². The van der Waals surface area contributed by atoms with Crippen molar-refractivity contribution in [2.24, 2.45) is 0 Å². The Morgan fingerprint density at radius 2 is 2.14 bits per heavy atom. The second-order valence-corrected chi connectivity index (χ2v) is 5.38. The van der Waals surface area contributed by atoms with Crippen LogP contribution in [0.4, 0.5) is 0 Å². The predicted molar refractivity (Wildman–Crippen MR) is 80.6 cm³/mol. The zero-order valence-corrected chi connectivity index (χ0v) is 13.2. The van der Waals surface area contributed by atoms with Crippen LogP contribution in [0.25, 0.3) is 0 Å². The number of amides is 1. The van der Waals surface area contributed by atoms with Crippen molar-refractivity contribution >= 4 is 5.91 Å². The highest BCUT2D eigenvalue weighted by Crippen LogP contribution is 2.15. The van der Waals surface area contributed by atoms with Gasteiger partial charge in [-0.05, 0) is 19.9 Å². The van der Waals surface area contributed by atoms with E-state index in [2.05, 4.69) is 15.5 Å². The molecule has 0 saturated heterocycles. The molecule has 0 bridgehead atoms. The van der Waals surface area contributed by atoms with E-state index in [4.69, 9.17) is 4.52 Å². The molecule has 1 amide bonds. The SMILES string of the molecule is CCn1ccc(C(=O)NC(C)c2nc(C(C)C)no2)cc1=O. The largest absolute Gasteiger partial charge is 0.341 e. The van der Waals surface area contributed by atoms with Crippen LogP contribution in [0.5, 0.6) is 0 Å². The lowest BCUT2D eigenvalue weighted by atomic mass is 10.2. The summed E-state index contributed by atoms with van der Waals surface area (Å²) in [5, 5.41) is 6.61. The summed E-state index contributed by atoms with van der Waals surface area (Å²) in [7, 11) is 0. The van der Waals surface area contributed by atoms with Gasteiger partial charge in [0.25, 0.3) is 11.5 Å². The van der Waals surface area contributed by atoms with Crippen molar-refractivity contribution in [1.82, 2.24) is 20.0 Å². The van der Waals surface area contributed by atoms with Crippen LogP contribution < -0.4 is 10.9 Å². The molecule has 2 aromatic heterocycles. The van der Waals surface area contributed by atoms with Gasteiger partial charge in [0.15, 0.2) is 5.82 Å². The molecule has 2 rings (SSSR count). The second kappa shape index (κ2) is 6.55. The molecule has 1 unspecified atom stereocenters. The summed E-state index contributed by atoms with van der Waals surface area (Å²) >= 11 is 0. The van der Waals surface area contributed by atoms with Crippen LogP contribution >= 0.6 is 0 Å². The monoisotopic (exact) mass is 304 g/mol. The maximum atomic E-state index is 12.2. The molecular weight excluding hydrogens is 284 g/mol. The molecule has 1 N–H and O–H groups in total. The third-order valence-electron chi connectivity index (χ3n) is 3.29. The number of carbonyl (C=O) groups excluding carboxylic acids is 1. The second-order valence-electron chi connectivity index (χ2n) is 5.38. The smallest absolute Gasteiger partial charge is 0.252 e. The first-order chi connectivity index (χ1) is 10.4. The number of pyridine rings is 1. The van der Waals surface area contributed by atoms with Gasteiger partial charge in [-0.2, -0.15) is 4.98 Å². The first kappa shape index (κ1) is 15.9. The van der Waals surface area contributed by atoms with Gasteiger partial charge in [-0.1, -0.05) is 19.0 Å². The number of nitrogens with zero attached hydrogens (tertiary/aromatic N) is 3. The Kier molecular flexibility index (Phi) is 4.75. The molecule has 0 aromatic carbocycles. The van der Waals surface area contributed by atoms with Crippen LogP contribution in [0.2, 0.25) is 0 Å². The van der Waals surface area contributed by atoms with Crippen LogP contribution in [0.1, 0.15) is 61.7 Å². The van der Waals surface area contributed by atoms with Crippen LogP contribution in [0, 0.1) is 0 Å². The Hall–Kier alpha value is -2.44. The third kappa shape index (κ3) is 3.41. The number of hydrogen-bond acceptors (Lipinski definition) is 5. The molecule has 0 spiro atoms. The van der Waals surface area contributed by atoms with Crippen molar-refractivity contribution in [1.29, 1.82) is 0 Å². The molecule has 118 valence electrons. The summed E-state index contributed by atoms with van der Waals surface area (Å²) < 4.78 is 6.66. The number of hydrogen-bond donors (Lipinski definition) is 1. The number of aromatic nitrogens is 3. The van der Waals surface area contributed by atoms with E-state index in [0.29, 0.717) is 23.8 Å². The average Bonchev–Trinajstić information content (AvgIpc) is 2.97. The zero-order chi connectivity index (χ0) is 16.3. The van der Waals surface area contributed by atoms with Crippen molar-refractivity contribution in [2.75, 3.05) is 0 Å². The summed E-state index contributed by atoms with van der Waals surface area (Å²) in [5.74, 6) is 0.750. The summed E-state index contributed by atoms with van der Waals surface area (Å²) in [4.78, 5) is 28.2. The maximum Gasteiger partial charge on any atom is 0.252 e. The molecule has 22 heavy (non-hydrogen) atoms. The van der Waals surface area contributed by atoms with E-state index in [1.54, 1.807) is 19.2 Å². The Morgan fingerprint density at radius 1 is 1.41 bits per heavy atom. The van der Waals surface area contributed by atoms with Crippen LogP contribution in [-0.4, -0.2) is 20.6 Å². The highest BCUT2D eigenvalue weighted by atomic mass is 16.5. The van der Waals surface area contributed by atoms with Gasteiger partial charge in [0.1, 0.15) is 6.04 Å².